The van der Waals surface area contributed by atoms with Gasteiger partial charge in [-0.25, -0.2) is 9.97 Å². The van der Waals surface area contributed by atoms with Gasteiger partial charge in [-0.1, -0.05) is 23.8 Å². The van der Waals surface area contributed by atoms with E-state index in [0.717, 1.165) is 51.5 Å². The average molecular weight is 401 g/mol. The van der Waals surface area contributed by atoms with Crippen molar-refractivity contribution in [3.05, 3.63) is 65.5 Å². The quantitative estimate of drug-likeness (QED) is 0.503. The van der Waals surface area contributed by atoms with Crippen molar-refractivity contribution >= 4 is 5.82 Å². The number of benzene rings is 1. The molecule has 30 heavy (non-hydrogen) atoms. The highest BCUT2D eigenvalue weighted by Gasteiger charge is 2.24. The zero-order chi connectivity index (χ0) is 20.8. The second-order valence-electron chi connectivity index (χ2n) is 7.59. The van der Waals surface area contributed by atoms with Gasteiger partial charge in [0, 0.05) is 41.4 Å². The van der Waals surface area contributed by atoms with Crippen LogP contribution in [0.2, 0.25) is 0 Å². The molecule has 152 valence electrons. The summed E-state index contributed by atoms with van der Waals surface area (Å²) in [5.41, 5.74) is 13.1. The van der Waals surface area contributed by atoms with Crippen molar-refractivity contribution in [2.75, 3.05) is 5.73 Å². The summed E-state index contributed by atoms with van der Waals surface area (Å²) < 4.78 is 14.1. The van der Waals surface area contributed by atoms with Crippen LogP contribution in [0.1, 0.15) is 42.4 Å². The number of hydrogen-bond donors (Lipinski definition) is 1. The van der Waals surface area contributed by atoms with Crippen LogP contribution in [-0.2, 0) is 13.0 Å². The minimum absolute atomic E-state index is 0.251. The first kappa shape index (κ1) is 18.4. The zero-order valence-corrected chi connectivity index (χ0v) is 17.2. The third-order valence-corrected chi connectivity index (χ3v) is 5.57. The third-order valence-electron chi connectivity index (χ3n) is 5.57. The topological polar surface area (TPSA) is 92.0 Å². The van der Waals surface area contributed by atoms with E-state index >= 15 is 0 Å². The number of anilines is 1. The summed E-state index contributed by atoms with van der Waals surface area (Å²) in [6.45, 7) is 6.87. The van der Waals surface area contributed by atoms with Gasteiger partial charge in [-0.2, -0.15) is 5.10 Å². The number of hydrogen-bond acceptors (Lipinski definition) is 6. The van der Waals surface area contributed by atoms with Gasteiger partial charge in [-0.15, -0.1) is 0 Å². The Morgan fingerprint density at radius 1 is 1.20 bits per heavy atom. The number of nitrogens with zero attached hydrogens (tertiary/aromatic N) is 4. The first-order chi connectivity index (χ1) is 14.5. The Kier molecular flexibility index (Phi) is 4.31. The number of fused-ring (bicyclic) bond motifs is 7. The molecule has 7 heteroatoms. The molecule has 4 heterocycles. The highest BCUT2D eigenvalue weighted by Crippen LogP contribution is 2.38. The Morgan fingerprint density at radius 2 is 2.07 bits per heavy atom. The molecule has 0 aliphatic carbocycles. The molecule has 1 aromatic carbocycles. The van der Waals surface area contributed by atoms with E-state index in [2.05, 4.69) is 47.1 Å². The first-order valence-electron chi connectivity index (χ1n) is 10.1. The molecule has 4 aromatic rings. The summed E-state index contributed by atoms with van der Waals surface area (Å²) in [5.74, 6) is 1.72. The number of aromatic nitrogens is 4. The van der Waals surface area contributed by atoms with Crippen LogP contribution in [-0.4, -0.2) is 19.7 Å². The van der Waals surface area contributed by atoms with Crippen molar-refractivity contribution in [1.29, 1.82) is 0 Å². The highest BCUT2D eigenvalue weighted by molar-refractivity contribution is 5.71. The minimum atomic E-state index is -0.251. The fraction of sp³-hybridized carbons (Fsp3) is 0.261. The molecule has 1 aliphatic heterocycles. The van der Waals surface area contributed by atoms with E-state index in [1.54, 1.807) is 6.20 Å². The van der Waals surface area contributed by atoms with Crippen LogP contribution in [0.5, 0.6) is 5.75 Å². The van der Waals surface area contributed by atoms with Crippen molar-refractivity contribution in [2.24, 2.45) is 0 Å². The second-order valence-corrected chi connectivity index (χ2v) is 7.59. The molecule has 7 nitrogen and oxygen atoms in total. The van der Waals surface area contributed by atoms with Crippen LogP contribution in [0.25, 0.3) is 22.5 Å². The van der Waals surface area contributed by atoms with Crippen LogP contribution in [0, 0.1) is 6.92 Å². The maximum atomic E-state index is 6.32. The van der Waals surface area contributed by atoms with Crippen LogP contribution in [0.3, 0.4) is 0 Å². The van der Waals surface area contributed by atoms with Crippen molar-refractivity contribution in [1.82, 2.24) is 19.7 Å². The number of pyridine rings is 1. The normalized spacial score (nSPS) is 15.2. The summed E-state index contributed by atoms with van der Waals surface area (Å²) in [6, 6.07) is 8.22. The summed E-state index contributed by atoms with van der Waals surface area (Å²) >= 11 is 0. The van der Waals surface area contributed by atoms with Crippen LogP contribution in [0.4, 0.5) is 5.82 Å². The van der Waals surface area contributed by atoms with Gasteiger partial charge in [-0.05, 0) is 26.8 Å². The zero-order valence-electron chi connectivity index (χ0n) is 17.2. The lowest BCUT2D eigenvalue weighted by Gasteiger charge is -2.21. The number of nitrogens with two attached hydrogens (primary N) is 1. The van der Waals surface area contributed by atoms with Crippen LogP contribution in [0.15, 0.2) is 47.5 Å². The Hall–Kier alpha value is -3.61. The van der Waals surface area contributed by atoms with E-state index in [1.165, 1.54) is 6.39 Å². The summed E-state index contributed by atoms with van der Waals surface area (Å²) in [4.78, 5) is 8.95. The standard InChI is InChI=1S/C23H23N5O2/c1-4-28-22-15-9-20(23(24)25-10-15)30-14(3)18-7-13(2)5-6-17(18)21-19(29-12-26-21)8-16(22)11-27-28/h5-7,9-12,14H,4,8H2,1-3H3,(H2,24,25)/t14-/m1/s1. The Bertz CT molecular complexity index is 1240. The Balaban J connectivity index is 1.79. The molecule has 0 spiro atoms. The van der Waals surface area contributed by atoms with Gasteiger partial charge in [0.15, 0.2) is 18.0 Å². The molecule has 0 fully saturated rings. The maximum Gasteiger partial charge on any atom is 0.181 e. The maximum absolute atomic E-state index is 6.32. The number of rotatable bonds is 1. The fourth-order valence-electron chi connectivity index (χ4n) is 4.08. The summed E-state index contributed by atoms with van der Waals surface area (Å²) in [7, 11) is 0. The van der Waals surface area contributed by atoms with Crippen LogP contribution < -0.4 is 10.5 Å². The van der Waals surface area contributed by atoms with Crippen molar-refractivity contribution in [3.8, 4) is 28.3 Å². The molecule has 2 bridgehead atoms. The average Bonchev–Trinajstić information content (AvgIpc) is 3.36. The monoisotopic (exact) mass is 401 g/mol. The smallest absolute Gasteiger partial charge is 0.181 e. The van der Waals surface area contributed by atoms with E-state index in [4.69, 9.17) is 14.9 Å². The van der Waals surface area contributed by atoms with Gasteiger partial charge in [0.2, 0.25) is 0 Å². The van der Waals surface area contributed by atoms with E-state index in [-0.39, 0.29) is 6.10 Å². The van der Waals surface area contributed by atoms with Gasteiger partial charge in [0.05, 0.1) is 11.9 Å². The van der Waals surface area contributed by atoms with Gasteiger partial charge in [0.25, 0.3) is 0 Å². The second kappa shape index (κ2) is 7.02. The van der Waals surface area contributed by atoms with Crippen LogP contribution >= 0.6 is 0 Å². The molecule has 1 atom stereocenters. The van der Waals surface area contributed by atoms with E-state index < -0.39 is 0 Å². The lowest BCUT2D eigenvalue weighted by atomic mass is 9.95. The summed E-state index contributed by atoms with van der Waals surface area (Å²) in [5, 5.41) is 4.57. The highest BCUT2D eigenvalue weighted by atomic mass is 16.5. The molecule has 1 aliphatic rings. The number of ether oxygens (including phenoxy) is 1. The van der Waals surface area contributed by atoms with E-state index in [1.807, 2.05) is 23.9 Å². The molecule has 0 saturated heterocycles. The molecule has 2 N–H and O–H groups in total. The SMILES string of the molecule is CCn1ncc2c1-c1cnc(N)c(c1)O[C@H](C)c1cc(C)ccc1-c1ncoc1C2. The fourth-order valence-corrected chi connectivity index (χ4v) is 4.08. The van der Waals surface area contributed by atoms with E-state index in [0.29, 0.717) is 18.0 Å². The third kappa shape index (κ3) is 2.94. The van der Waals surface area contributed by atoms with Crippen molar-refractivity contribution in [3.63, 3.8) is 0 Å². The predicted molar refractivity (Wildman–Crippen MR) is 114 cm³/mol. The molecular weight excluding hydrogens is 378 g/mol. The number of oxazole rings is 1. The summed E-state index contributed by atoms with van der Waals surface area (Å²) in [6.07, 6.45) is 5.48. The molecule has 0 saturated carbocycles. The largest absolute Gasteiger partial charge is 0.482 e. The number of nitrogen functional groups attached to an aromatic ring is 1. The lowest BCUT2D eigenvalue weighted by Crippen LogP contribution is -2.09. The Labute approximate surface area is 174 Å². The Morgan fingerprint density at radius 3 is 2.90 bits per heavy atom. The van der Waals surface area contributed by atoms with Crippen molar-refractivity contribution < 1.29 is 9.15 Å². The number of aryl methyl sites for hydroxylation is 2. The molecule has 0 amide bonds. The minimum Gasteiger partial charge on any atom is -0.482 e. The van der Waals surface area contributed by atoms with Gasteiger partial charge in [-0.3, -0.25) is 4.68 Å². The molecule has 0 unspecified atom stereocenters. The molecule has 0 radical (unpaired) electrons. The molecular formula is C23H23N5O2. The molecule has 3 aromatic heterocycles. The first-order valence-corrected chi connectivity index (χ1v) is 10.1. The van der Waals surface area contributed by atoms with Gasteiger partial charge >= 0.3 is 0 Å². The van der Waals surface area contributed by atoms with Crippen molar-refractivity contribution in [2.45, 2.75) is 39.8 Å². The predicted octanol–water partition coefficient (Wildman–Crippen LogP) is 4.55. The van der Waals surface area contributed by atoms with E-state index in [9.17, 15) is 0 Å². The molecule has 5 rings (SSSR count). The van der Waals surface area contributed by atoms with Gasteiger partial charge < -0.3 is 14.9 Å². The van der Waals surface area contributed by atoms with Gasteiger partial charge in [0.1, 0.15) is 17.6 Å². The lowest BCUT2D eigenvalue weighted by molar-refractivity contribution is 0.228.